The van der Waals surface area contributed by atoms with Crippen LogP contribution in [0.25, 0.3) is 11.0 Å². The molecule has 3 aromatic rings. The van der Waals surface area contributed by atoms with Crippen molar-refractivity contribution in [1.29, 1.82) is 0 Å². The van der Waals surface area contributed by atoms with E-state index in [1.807, 2.05) is 37.3 Å². The number of carbonyl (C=O) groups excluding carboxylic acids is 1. The Bertz CT molecular complexity index is 890. The fraction of sp³-hybridized carbons (Fsp3) is 0.286. The highest BCUT2D eigenvalue weighted by Gasteiger charge is 2.14. The smallest absolute Gasteiger partial charge is 0.291 e. The number of carbonyl (C=O) groups is 1. The molecular weight excluding hydrogens is 312 g/mol. The van der Waals surface area contributed by atoms with Gasteiger partial charge in [-0.25, -0.2) is 0 Å². The monoisotopic (exact) mass is 334 g/mol. The van der Waals surface area contributed by atoms with Crippen LogP contribution in [0, 0.1) is 6.92 Å². The maximum absolute atomic E-state index is 12.4. The van der Waals surface area contributed by atoms with Gasteiger partial charge in [0.2, 0.25) is 0 Å². The van der Waals surface area contributed by atoms with Gasteiger partial charge in [-0.2, -0.15) is 0 Å². The quantitative estimate of drug-likeness (QED) is 0.734. The van der Waals surface area contributed by atoms with Gasteiger partial charge in [0.05, 0.1) is 0 Å². The Hall–Kier alpha value is -2.75. The molecule has 1 aliphatic rings. The fourth-order valence-corrected chi connectivity index (χ4v) is 3.35. The zero-order valence-corrected chi connectivity index (χ0v) is 14.4. The number of piperidine rings is 1. The van der Waals surface area contributed by atoms with Crippen LogP contribution in [0.15, 0.2) is 52.9 Å². The van der Waals surface area contributed by atoms with Gasteiger partial charge in [-0.3, -0.25) is 4.79 Å². The van der Waals surface area contributed by atoms with Crippen LogP contribution in [-0.2, 0) is 0 Å². The average molecular weight is 334 g/mol. The molecule has 4 heteroatoms. The minimum atomic E-state index is -0.223. The average Bonchev–Trinajstić information content (AvgIpc) is 3.06. The molecule has 0 unspecified atom stereocenters. The van der Waals surface area contributed by atoms with Gasteiger partial charge >= 0.3 is 0 Å². The lowest BCUT2D eigenvalue weighted by Crippen LogP contribution is -2.29. The van der Waals surface area contributed by atoms with Crippen LogP contribution in [0.2, 0.25) is 0 Å². The second-order valence-corrected chi connectivity index (χ2v) is 6.70. The minimum Gasteiger partial charge on any atom is -0.451 e. The van der Waals surface area contributed by atoms with E-state index in [-0.39, 0.29) is 5.91 Å². The van der Waals surface area contributed by atoms with Gasteiger partial charge in [-0.05, 0) is 68.1 Å². The lowest BCUT2D eigenvalue weighted by molar-refractivity contribution is 0.0998. The summed E-state index contributed by atoms with van der Waals surface area (Å²) in [7, 11) is 0. The fourth-order valence-electron chi connectivity index (χ4n) is 3.35. The lowest BCUT2D eigenvalue weighted by Gasteiger charge is -2.28. The van der Waals surface area contributed by atoms with Crippen LogP contribution < -0.4 is 10.2 Å². The van der Waals surface area contributed by atoms with Crippen molar-refractivity contribution < 1.29 is 9.21 Å². The van der Waals surface area contributed by atoms with Gasteiger partial charge in [0.25, 0.3) is 5.91 Å². The number of nitrogens with zero attached hydrogens (tertiary/aromatic N) is 1. The molecule has 0 spiro atoms. The molecule has 1 aromatic heterocycles. The number of fused-ring (bicyclic) bond motifs is 1. The Balaban J connectivity index is 1.47. The van der Waals surface area contributed by atoms with E-state index in [1.165, 1.54) is 24.9 Å². The Kier molecular flexibility index (Phi) is 4.18. The van der Waals surface area contributed by atoms with Crippen molar-refractivity contribution in [2.75, 3.05) is 23.3 Å². The molecule has 1 saturated heterocycles. The highest BCUT2D eigenvalue weighted by Crippen LogP contribution is 2.24. The number of hydrogen-bond acceptors (Lipinski definition) is 3. The predicted octanol–water partition coefficient (Wildman–Crippen LogP) is 4.98. The molecule has 1 fully saturated rings. The number of amides is 1. The molecule has 1 N–H and O–H groups in total. The minimum absolute atomic E-state index is 0.223. The zero-order valence-electron chi connectivity index (χ0n) is 14.4. The highest BCUT2D eigenvalue weighted by molar-refractivity contribution is 6.04. The molecule has 2 aromatic carbocycles. The standard InChI is InChI=1S/C21H22N2O2/c1-15-5-6-16-14-20(25-19(16)13-15)21(24)22-17-7-9-18(10-8-17)23-11-3-2-4-12-23/h5-10,13-14H,2-4,11-12H2,1H3,(H,22,24). The summed E-state index contributed by atoms with van der Waals surface area (Å²) >= 11 is 0. The van der Waals surface area contributed by atoms with Crippen molar-refractivity contribution in [3.63, 3.8) is 0 Å². The van der Waals surface area contributed by atoms with Gasteiger partial charge in [-0.1, -0.05) is 12.1 Å². The summed E-state index contributed by atoms with van der Waals surface area (Å²) in [5.41, 5.74) is 3.85. The van der Waals surface area contributed by atoms with Crippen LogP contribution >= 0.6 is 0 Å². The maximum atomic E-state index is 12.4. The second kappa shape index (κ2) is 6.63. The first-order chi connectivity index (χ1) is 12.2. The third-order valence-electron chi connectivity index (χ3n) is 4.75. The predicted molar refractivity (Wildman–Crippen MR) is 101 cm³/mol. The van der Waals surface area contributed by atoms with Gasteiger partial charge < -0.3 is 14.6 Å². The summed E-state index contributed by atoms with van der Waals surface area (Å²) in [6, 6.07) is 15.8. The molecule has 0 radical (unpaired) electrons. The Labute approximate surface area is 147 Å². The molecule has 4 nitrogen and oxygen atoms in total. The van der Waals surface area contributed by atoms with Crippen LogP contribution in [0.3, 0.4) is 0 Å². The molecule has 0 atom stereocenters. The Morgan fingerprint density at radius 1 is 1.00 bits per heavy atom. The number of nitrogens with one attached hydrogen (secondary N) is 1. The Morgan fingerprint density at radius 3 is 2.52 bits per heavy atom. The molecular formula is C21H22N2O2. The van der Waals surface area contributed by atoms with Crippen molar-refractivity contribution >= 4 is 28.3 Å². The topological polar surface area (TPSA) is 45.5 Å². The van der Waals surface area contributed by atoms with Crippen molar-refractivity contribution in [2.24, 2.45) is 0 Å². The summed E-state index contributed by atoms with van der Waals surface area (Å²) in [4.78, 5) is 14.8. The number of aryl methyl sites for hydroxylation is 1. The summed E-state index contributed by atoms with van der Waals surface area (Å²) in [6.45, 7) is 4.24. The van der Waals surface area contributed by atoms with E-state index in [1.54, 1.807) is 6.07 Å². The molecule has 0 aliphatic carbocycles. The first-order valence-electron chi connectivity index (χ1n) is 8.86. The molecule has 25 heavy (non-hydrogen) atoms. The van der Waals surface area contributed by atoms with Gasteiger partial charge in [0.15, 0.2) is 5.76 Å². The molecule has 0 bridgehead atoms. The number of rotatable bonds is 3. The third-order valence-corrected chi connectivity index (χ3v) is 4.75. The van der Waals surface area contributed by atoms with E-state index in [0.717, 1.165) is 35.3 Å². The lowest BCUT2D eigenvalue weighted by atomic mass is 10.1. The van der Waals surface area contributed by atoms with E-state index in [2.05, 4.69) is 22.3 Å². The van der Waals surface area contributed by atoms with E-state index in [0.29, 0.717) is 5.76 Å². The van der Waals surface area contributed by atoms with Crippen LogP contribution in [-0.4, -0.2) is 19.0 Å². The van der Waals surface area contributed by atoms with Crippen molar-refractivity contribution in [1.82, 2.24) is 0 Å². The van der Waals surface area contributed by atoms with Gasteiger partial charge in [-0.15, -0.1) is 0 Å². The summed E-state index contributed by atoms with van der Waals surface area (Å²) in [5.74, 6) is 0.111. The van der Waals surface area contributed by atoms with Crippen LogP contribution in [0.1, 0.15) is 35.4 Å². The van der Waals surface area contributed by atoms with Crippen LogP contribution in [0.4, 0.5) is 11.4 Å². The van der Waals surface area contributed by atoms with Gasteiger partial charge in [0, 0.05) is 29.9 Å². The van der Waals surface area contributed by atoms with E-state index in [9.17, 15) is 4.79 Å². The number of furan rings is 1. The molecule has 128 valence electrons. The first-order valence-corrected chi connectivity index (χ1v) is 8.86. The molecule has 2 heterocycles. The van der Waals surface area contributed by atoms with E-state index >= 15 is 0 Å². The number of hydrogen-bond donors (Lipinski definition) is 1. The largest absolute Gasteiger partial charge is 0.451 e. The highest BCUT2D eigenvalue weighted by atomic mass is 16.3. The third kappa shape index (κ3) is 3.38. The summed E-state index contributed by atoms with van der Waals surface area (Å²) in [6.07, 6.45) is 3.83. The van der Waals surface area contributed by atoms with Gasteiger partial charge in [0.1, 0.15) is 5.58 Å². The second-order valence-electron chi connectivity index (χ2n) is 6.70. The normalized spacial score (nSPS) is 14.7. The van der Waals surface area contributed by atoms with Crippen molar-refractivity contribution in [2.45, 2.75) is 26.2 Å². The zero-order chi connectivity index (χ0) is 17.2. The Morgan fingerprint density at radius 2 is 1.76 bits per heavy atom. The molecule has 4 rings (SSSR count). The molecule has 1 amide bonds. The van der Waals surface area contributed by atoms with E-state index < -0.39 is 0 Å². The van der Waals surface area contributed by atoms with Crippen LogP contribution in [0.5, 0.6) is 0 Å². The SMILES string of the molecule is Cc1ccc2cc(C(=O)Nc3ccc(N4CCCCC4)cc3)oc2c1. The molecule has 0 saturated carbocycles. The summed E-state index contributed by atoms with van der Waals surface area (Å²) in [5, 5.41) is 3.85. The maximum Gasteiger partial charge on any atom is 0.291 e. The van der Waals surface area contributed by atoms with E-state index in [4.69, 9.17) is 4.42 Å². The molecule has 1 aliphatic heterocycles. The summed E-state index contributed by atoms with van der Waals surface area (Å²) < 4.78 is 5.68. The first kappa shape index (κ1) is 15.8. The number of anilines is 2. The number of benzene rings is 2. The van der Waals surface area contributed by atoms with Crippen molar-refractivity contribution in [3.05, 3.63) is 59.9 Å². The van der Waals surface area contributed by atoms with Crippen molar-refractivity contribution in [3.8, 4) is 0 Å².